The highest BCUT2D eigenvalue weighted by Crippen LogP contribution is 2.41. The summed E-state index contributed by atoms with van der Waals surface area (Å²) < 4.78 is 28.3. The molecule has 5 N–H and O–H groups in total. The maximum atomic E-state index is 13.4. The van der Waals surface area contributed by atoms with Crippen LogP contribution in [0.3, 0.4) is 0 Å². The molecule has 0 bridgehead atoms. The number of aliphatic hydroxyl groups is 1. The average molecular weight is 554 g/mol. The molecule has 3 aromatic rings. The van der Waals surface area contributed by atoms with E-state index in [1.807, 2.05) is 13.0 Å². The summed E-state index contributed by atoms with van der Waals surface area (Å²) in [6.07, 6.45) is 5.71. The number of nitrogen functional groups attached to an aromatic ring is 1. The van der Waals surface area contributed by atoms with E-state index in [1.165, 1.54) is 4.52 Å². The molecular formula is C26H31N7O5S. The topological polar surface area (TPSA) is 172 Å². The number of sulfonamides is 1. The maximum absolute atomic E-state index is 13.4. The molecule has 39 heavy (non-hydrogen) atoms. The van der Waals surface area contributed by atoms with Gasteiger partial charge in [-0.1, -0.05) is 0 Å². The standard InChI is InChI=1S/C26H31N7O5S/c1-13(14-4-5-14)32-12-16-8-15(9-19(20(16)25(32)35)31-39(3,37)38)18-6-7-33-23(29-18)21(22(27)30-33)24(34)28-17-10-26(2,36)11-17/h6-9,13-14,17,31,36H,4-5,10-12H2,1-3H3,(H2,27,30)(H,28,34)/t13?,17-,26-. The molecule has 206 valence electrons. The fourth-order valence-electron chi connectivity index (χ4n) is 5.75. The van der Waals surface area contributed by atoms with Gasteiger partial charge in [-0.05, 0) is 69.2 Å². The van der Waals surface area contributed by atoms with Crippen LogP contribution in [0.25, 0.3) is 16.9 Å². The van der Waals surface area contributed by atoms with E-state index in [0.717, 1.165) is 19.1 Å². The lowest BCUT2D eigenvalue weighted by molar-refractivity contribution is -0.0366. The summed E-state index contributed by atoms with van der Waals surface area (Å²) in [6.45, 7) is 4.12. The number of carbonyl (C=O) groups excluding carboxylic acids is 2. The van der Waals surface area contributed by atoms with E-state index in [-0.39, 0.29) is 40.7 Å². The Labute approximate surface area is 225 Å². The van der Waals surface area contributed by atoms with Crippen molar-refractivity contribution < 1.29 is 23.1 Å². The van der Waals surface area contributed by atoms with E-state index < -0.39 is 21.5 Å². The van der Waals surface area contributed by atoms with Gasteiger partial charge in [-0.3, -0.25) is 14.3 Å². The van der Waals surface area contributed by atoms with E-state index in [4.69, 9.17) is 5.73 Å². The number of benzene rings is 1. The average Bonchev–Trinajstić information content (AvgIpc) is 3.53. The zero-order chi connectivity index (χ0) is 27.9. The van der Waals surface area contributed by atoms with Gasteiger partial charge < -0.3 is 21.1 Å². The van der Waals surface area contributed by atoms with Gasteiger partial charge in [0.2, 0.25) is 10.0 Å². The highest BCUT2D eigenvalue weighted by Gasteiger charge is 2.41. The molecule has 3 heterocycles. The van der Waals surface area contributed by atoms with Crippen molar-refractivity contribution in [2.24, 2.45) is 5.92 Å². The lowest BCUT2D eigenvalue weighted by Gasteiger charge is -2.41. The van der Waals surface area contributed by atoms with Gasteiger partial charge >= 0.3 is 0 Å². The number of hydrogen-bond donors (Lipinski definition) is 4. The van der Waals surface area contributed by atoms with Crippen LogP contribution in [0.5, 0.6) is 0 Å². The van der Waals surface area contributed by atoms with Gasteiger partial charge in [0.25, 0.3) is 11.8 Å². The van der Waals surface area contributed by atoms with Crippen LogP contribution in [0.2, 0.25) is 0 Å². The van der Waals surface area contributed by atoms with Gasteiger partial charge in [-0.15, -0.1) is 5.10 Å². The Balaban J connectivity index is 1.39. The van der Waals surface area contributed by atoms with Crippen molar-refractivity contribution >= 4 is 39.0 Å². The van der Waals surface area contributed by atoms with E-state index in [1.54, 1.807) is 30.2 Å². The second-order valence-electron chi connectivity index (χ2n) is 11.4. The minimum atomic E-state index is -3.67. The third kappa shape index (κ3) is 4.69. The van der Waals surface area contributed by atoms with Crippen LogP contribution in [0.4, 0.5) is 11.5 Å². The molecule has 2 amide bonds. The van der Waals surface area contributed by atoms with Crippen LogP contribution in [0.15, 0.2) is 24.4 Å². The number of nitrogens with one attached hydrogen (secondary N) is 2. The minimum Gasteiger partial charge on any atom is -0.390 e. The third-order valence-electron chi connectivity index (χ3n) is 7.87. The number of aromatic nitrogens is 3. The molecule has 6 rings (SSSR count). The largest absolute Gasteiger partial charge is 0.390 e. The van der Waals surface area contributed by atoms with Gasteiger partial charge in [0.15, 0.2) is 11.5 Å². The zero-order valence-corrected chi connectivity index (χ0v) is 22.7. The predicted octanol–water partition coefficient (Wildman–Crippen LogP) is 1.75. The normalized spacial score (nSPS) is 23.4. The van der Waals surface area contributed by atoms with Crippen molar-refractivity contribution in [3.8, 4) is 11.3 Å². The Morgan fingerprint density at radius 1 is 1.28 bits per heavy atom. The first-order valence-electron chi connectivity index (χ1n) is 12.9. The molecule has 1 aliphatic heterocycles. The summed E-state index contributed by atoms with van der Waals surface area (Å²) in [5.74, 6) is -0.146. The quantitative estimate of drug-likeness (QED) is 0.343. The molecule has 0 spiro atoms. The van der Waals surface area contributed by atoms with Crippen LogP contribution in [0.1, 0.15) is 65.8 Å². The van der Waals surface area contributed by atoms with Gasteiger partial charge in [0, 0.05) is 30.4 Å². The Morgan fingerprint density at radius 3 is 2.64 bits per heavy atom. The van der Waals surface area contributed by atoms with Crippen molar-refractivity contribution in [2.75, 3.05) is 16.7 Å². The summed E-state index contributed by atoms with van der Waals surface area (Å²) in [7, 11) is -3.67. The van der Waals surface area contributed by atoms with Gasteiger partial charge in [-0.25, -0.2) is 17.9 Å². The molecule has 13 heteroatoms. The Bertz CT molecular complexity index is 1640. The molecule has 1 aromatic carbocycles. The first kappa shape index (κ1) is 25.6. The van der Waals surface area contributed by atoms with Crippen molar-refractivity contribution in [2.45, 2.75) is 63.8 Å². The van der Waals surface area contributed by atoms with Gasteiger partial charge in [0.1, 0.15) is 5.56 Å². The summed E-state index contributed by atoms with van der Waals surface area (Å²) in [6, 6.07) is 5.01. The van der Waals surface area contributed by atoms with Crippen LogP contribution in [0, 0.1) is 5.92 Å². The highest BCUT2D eigenvalue weighted by molar-refractivity contribution is 7.92. The molecule has 0 radical (unpaired) electrons. The summed E-state index contributed by atoms with van der Waals surface area (Å²) >= 11 is 0. The number of anilines is 2. The molecule has 0 saturated heterocycles. The number of carbonyl (C=O) groups is 2. The summed E-state index contributed by atoms with van der Waals surface area (Å²) in [5.41, 5.74) is 7.96. The molecule has 2 fully saturated rings. The molecular weight excluding hydrogens is 522 g/mol. The number of hydrogen-bond acceptors (Lipinski definition) is 8. The third-order valence-corrected chi connectivity index (χ3v) is 8.46. The Morgan fingerprint density at radius 2 is 2.00 bits per heavy atom. The number of fused-ring (bicyclic) bond motifs is 2. The van der Waals surface area contributed by atoms with Gasteiger partial charge in [-0.2, -0.15) is 0 Å². The number of rotatable bonds is 7. The second-order valence-corrected chi connectivity index (χ2v) is 13.1. The first-order valence-corrected chi connectivity index (χ1v) is 14.8. The second kappa shape index (κ2) is 8.65. The van der Waals surface area contributed by atoms with Crippen LogP contribution in [-0.2, 0) is 16.6 Å². The molecule has 3 aliphatic rings. The molecule has 12 nitrogen and oxygen atoms in total. The SMILES string of the molecule is CC(C1CC1)N1Cc2cc(-c3ccn4nc(N)c(C(=O)N[C@H]5C[C@](C)(O)C5)c4n3)cc(NS(C)(=O)=O)c2C1=O. The fourth-order valence-corrected chi connectivity index (χ4v) is 6.32. The number of nitrogens with two attached hydrogens (primary N) is 1. The number of nitrogens with zero attached hydrogens (tertiary/aromatic N) is 4. The zero-order valence-electron chi connectivity index (χ0n) is 21.9. The van der Waals surface area contributed by atoms with Crippen LogP contribution >= 0.6 is 0 Å². The molecule has 2 saturated carbocycles. The maximum Gasteiger partial charge on any atom is 0.259 e. The van der Waals surface area contributed by atoms with Crippen molar-refractivity contribution in [3.05, 3.63) is 41.1 Å². The number of amides is 2. The Kier molecular flexibility index (Phi) is 5.67. The van der Waals surface area contributed by atoms with Crippen molar-refractivity contribution in [3.63, 3.8) is 0 Å². The van der Waals surface area contributed by atoms with E-state index in [9.17, 15) is 23.1 Å². The van der Waals surface area contributed by atoms with Gasteiger partial charge in [0.05, 0.1) is 28.8 Å². The van der Waals surface area contributed by atoms with E-state index >= 15 is 0 Å². The molecule has 1 atom stereocenters. The van der Waals surface area contributed by atoms with Crippen molar-refractivity contribution in [1.82, 2.24) is 24.8 Å². The summed E-state index contributed by atoms with van der Waals surface area (Å²) in [5, 5.41) is 17.1. The monoisotopic (exact) mass is 553 g/mol. The van der Waals surface area contributed by atoms with Crippen LogP contribution < -0.4 is 15.8 Å². The van der Waals surface area contributed by atoms with Crippen LogP contribution in [-0.4, -0.2) is 68.8 Å². The van der Waals surface area contributed by atoms with E-state index in [2.05, 4.69) is 20.1 Å². The van der Waals surface area contributed by atoms with E-state index in [0.29, 0.717) is 47.7 Å². The lowest BCUT2D eigenvalue weighted by atomic mass is 9.77. The fraction of sp³-hybridized carbons (Fsp3) is 0.462. The predicted molar refractivity (Wildman–Crippen MR) is 144 cm³/mol. The highest BCUT2D eigenvalue weighted by atomic mass is 32.2. The molecule has 1 unspecified atom stereocenters. The lowest BCUT2D eigenvalue weighted by Crippen LogP contribution is -2.53. The smallest absolute Gasteiger partial charge is 0.259 e. The van der Waals surface area contributed by atoms with Crippen molar-refractivity contribution in [1.29, 1.82) is 0 Å². The minimum absolute atomic E-state index is 0.0203. The first-order chi connectivity index (χ1) is 18.3. The molecule has 2 aliphatic carbocycles. The summed E-state index contributed by atoms with van der Waals surface area (Å²) in [4.78, 5) is 32.9. The Hall–Kier alpha value is -3.71. The molecule has 2 aromatic heterocycles.